The summed E-state index contributed by atoms with van der Waals surface area (Å²) in [5.74, 6) is -0.427. The quantitative estimate of drug-likeness (QED) is 0.160. The molecule has 0 heterocycles. The van der Waals surface area contributed by atoms with Crippen LogP contribution in [-0.2, 0) is 32.6 Å². The van der Waals surface area contributed by atoms with Crippen LogP contribution in [0, 0.1) is 6.92 Å². The van der Waals surface area contributed by atoms with Gasteiger partial charge in [-0.25, -0.2) is 8.42 Å². The summed E-state index contributed by atoms with van der Waals surface area (Å²) in [5, 5.41) is 3.66. The molecule has 0 aliphatic heterocycles. The summed E-state index contributed by atoms with van der Waals surface area (Å²) in [6.07, 6.45) is 0.890. The van der Waals surface area contributed by atoms with Gasteiger partial charge < -0.3 is 15.0 Å². The third-order valence-corrected chi connectivity index (χ3v) is 9.80. The third-order valence-electron chi connectivity index (χ3n) is 7.42. The predicted octanol–water partition coefficient (Wildman–Crippen LogP) is 6.67. The zero-order chi connectivity index (χ0) is 33.3. The van der Waals surface area contributed by atoms with Gasteiger partial charge in [0.1, 0.15) is 18.3 Å². The number of nitrogens with one attached hydrogen (secondary N) is 1. The predicted molar refractivity (Wildman–Crippen MR) is 183 cm³/mol. The van der Waals surface area contributed by atoms with E-state index in [1.54, 1.807) is 54.6 Å². The molecule has 46 heavy (non-hydrogen) atoms. The number of carbonyl (C=O) groups excluding carboxylic acids is 2. The lowest BCUT2D eigenvalue weighted by Crippen LogP contribution is -2.53. The van der Waals surface area contributed by atoms with Crippen molar-refractivity contribution in [3.8, 4) is 5.75 Å². The highest BCUT2D eigenvalue weighted by atomic mass is 35.5. The van der Waals surface area contributed by atoms with E-state index in [2.05, 4.69) is 5.32 Å². The highest BCUT2D eigenvalue weighted by Gasteiger charge is 2.35. The first-order valence-electron chi connectivity index (χ1n) is 14.8. The maximum atomic E-state index is 14.5. The normalized spacial score (nSPS) is 11.8. The number of carbonyl (C=O) groups is 2. The number of hydrogen-bond donors (Lipinski definition) is 1. The molecule has 0 aliphatic carbocycles. The molecule has 0 radical (unpaired) electrons. The van der Waals surface area contributed by atoms with E-state index in [1.165, 1.54) is 24.1 Å². The lowest BCUT2D eigenvalue weighted by Gasteiger charge is -2.34. The molecule has 0 saturated carbocycles. The maximum absolute atomic E-state index is 14.5. The Morgan fingerprint density at radius 2 is 1.59 bits per heavy atom. The molecule has 4 aromatic carbocycles. The Kier molecular flexibility index (Phi) is 12.1. The Hall–Kier alpha value is -4.05. The van der Waals surface area contributed by atoms with Crippen LogP contribution in [0.3, 0.4) is 0 Å². The number of benzene rings is 4. The molecule has 0 spiro atoms. The van der Waals surface area contributed by atoms with Crippen LogP contribution in [0.15, 0.2) is 102 Å². The molecule has 1 atom stereocenters. The molecule has 242 valence electrons. The van der Waals surface area contributed by atoms with E-state index in [4.69, 9.17) is 27.9 Å². The van der Waals surface area contributed by atoms with E-state index in [0.29, 0.717) is 34.3 Å². The van der Waals surface area contributed by atoms with E-state index in [-0.39, 0.29) is 29.5 Å². The molecule has 2 amide bonds. The summed E-state index contributed by atoms with van der Waals surface area (Å²) in [6.45, 7) is 3.56. The Bertz CT molecular complexity index is 1730. The SMILES string of the molecule is CCCNC(=O)C(Cc1ccccc1)N(Cc1ccc(Cl)cc1Cl)C(=O)CN(c1ccc(OC)cc1)S(=O)(=O)c1ccc(C)cc1. The fourth-order valence-electron chi connectivity index (χ4n) is 4.87. The number of aryl methyl sites for hydroxylation is 1. The van der Waals surface area contributed by atoms with E-state index in [1.807, 2.05) is 44.2 Å². The number of halogens is 2. The van der Waals surface area contributed by atoms with Gasteiger partial charge in [-0.1, -0.05) is 84.2 Å². The zero-order valence-corrected chi connectivity index (χ0v) is 28.3. The molecular weight excluding hydrogens is 645 g/mol. The molecule has 11 heteroatoms. The van der Waals surface area contributed by atoms with Gasteiger partial charge in [0.2, 0.25) is 11.8 Å². The van der Waals surface area contributed by atoms with Crippen molar-refractivity contribution >= 4 is 50.7 Å². The third kappa shape index (κ3) is 8.81. The largest absolute Gasteiger partial charge is 0.497 e. The van der Waals surface area contributed by atoms with Gasteiger partial charge in [-0.05, 0) is 73.0 Å². The number of nitrogens with zero attached hydrogens (tertiary/aromatic N) is 2. The first-order valence-corrected chi connectivity index (χ1v) is 17.0. The first kappa shape index (κ1) is 34.8. The molecule has 0 saturated heterocycles. The summed E-state index contributed by atoms with van der Waals surface area (Å²) in [4.78, 5) is 29.7. The van der Waals surface area contributed by atoms with Crippen LogP contribution >= 0.6 is 23.2 Å². The number of amides is 2. The van der Waals surface area contributed by atoms with Gasteiger partial charge in [-0.15, -0.1) is 0 Å². The number of anilines is 1. The summed E-state index contributed by atoms with van der Waals surface area (Å²) < 4.78 is 34.6. The van der Waals surface area contributed by atoms with Crippen molar-refractivity contribution in [2.45, 2.75) is 44.2 Å². The van der Waals surface area contributed by atoms with Crippen molar-refractivity contribution in [1.29, 1.82) is 0 Å². The van der Waals surface area contributed by atoms with Gasteiger partial charge >= 0.3 is 0 Å². The molecule has 1 N–H and O–H groups in total. The average molecular weight is 683 g/mol. The number of hydrogen-bond acceptors (Lipinski definition) is 5. The fourth-order valence-corrected chi connectivity index (χ4v) is 6.75. The molecule has 4 aromatic rings. The highest BCUT2D eigenvalue weighted by Crippen LogP contribution is 2.28. The lowest BCUT2D eigenvalue weighted by molar-refractivity contribution is -0.140. The van der Waals surface area contributed by atoms with Gasteiger partial charge in [0, 0.05) is 29.6 Å². The Morgan fingerprint density at radius 3 is 2.20 bits per heavy atom. The van der Waals surface area contributed by atoms with Crippen LogP contribution in [0.1, 0.15) is 30.0 Å². The van der Waals surface area contributed by atoms with Crippen molar-refractivity contribution in [2.75, 3.05) is 24.5 Å². The standard InChI is InChI=1S/C35H37Cl2N3O5S/c1-4-20-38-35(42)33(21-26-8-6-5-7-9-26)39(23-27-12-13-28(36)22-32(27)37)34(41)24-40(29-14-16-30(45-3)17-15-29)46(43,44)31-18-10-25(2)11-19-31/h5-19,22,33H,4,20-21,23-24H2,1-3H3,(H,38,42). The van der Waals surface area contributed by atoms with Crippen LogP contribution in [0.2, 0.25) is 10.0 Å². The van der Waals surface area contributed by atoms with Crippen LogP contribution < -0.4 is 14.4 Å². The molecule has 0 aliphatic rings. The minimum atomic E-state index is -4.22. The van der Waals surface area contributed by atoms with Crippen molar-refractivity contribution in [3.05, 3.63) is 124 Å². The van der Waals surface area contributed by atoms with Crippen molar-refractivity contribution in [2.24, 2.45) is 0 Å². The topological polar surface area (TPSA) is 96.0 Å². The summed E-state index contributed by atoms with van der Waals surface area (Å²) in [5.41, 5.74) is 2.53. The Labute approximate surface area is 280 Å². The molecule has 0 fully saturated rings. The highest BCUT2D eigenvalue weighted by molar-refractivity contribution is 7.92. The monoisotopic (exact) mass is 681 g/mol. The van der Waals surface area contributed by atoms with Crippen LogP contribution in [0.25, 0.3) is 0 Å². The number of sulfonamides is 1. The van der Waals surface area contributed by atoms with Crippen LogP contribution in [0.4, 0.5) is 5.69 Å². The van der Waals surface area contributed by atoms with Gasteiger partial charge in [-0.2, -0.15) is 0 Å². The summed E-state index contributed by atoms with van der Waals surface area (Å²) >= 11 is 12.7. The average Bonchev–Trinajstić information content (AvgIpc) is 3.05. The minimum Gasteiger partial charge on any atom is -0.497 e. The molecular formula is C35H37Cl2N3O5S. The van der Waals surface area contributed by atoms with E-state index >= 15 is 0 Å². The minimum absolute atomic E-state index is 0.0236. The zero-order valence-electron chi connectivity index (χ0n) is 26.0. The second-order valence-electron chi connectivity index (χ2n) is 10.8. The Balaban J connectivity index is 1.81. The number of rotatable bonds is 14. The van der Waals surface area contributed by atoms with Crippen molar-refractivity contribution in [3.63, 3.8) is 0 Å². The van der Waals surface area contributed by atoms with Gasteiger partial charge in [-0.3, -0.25) is 13.9 Å². The molecule has 1 unspecified atom stereocenters. The summed E-state index contributed by atoms with van der Waals surface area (Å²) in [6, 6.07) is 26.1. The van der Waals surface area contributed by atoms with Gasteiger partial charge in [0.05, 0.1) is 17.7 Å². The second-order valence-corrected chi connectivity index (χ2v) is 13.5. The molecule has 4 rings (SSSR count). The smallest absolute Gasteiger partial charge is 0.264 e. The van der Waals surface area contributed by atoms with Gasteiger partial charge in [0.15, 0.2) is 0 Å². The van der Waals surface area contributed by atoms with Crippen LogP contribution in [0.5, 0.6) is 5.75 Å². The molecule has 0 bridgehead atoms. The van der Waals surface area contributed by atoms with Gasteiger partial charge in [0.25, 0.3) is 10.0 Å². The van der Waals surface area contributed by atoms with E-state index < -0.39 is 28.5 Å². The van der Waals surface area contributed by atoms with Crippen molar-refractivity contribution < 1.29 is 22.7 Å². The first-order chi connectivity index (χ1) is 22.0. The lowest BCUT2D eigenvalue weighted by atomic mass is 10.0. The van der Waals surface area contributed by atoms with Crippen LogP contribution in [-0.4, -0.2) is 51.4 Å². The summed E-state index contributed by atoms with van der Waals surface area (Å²) in [7, 11) is -2.71. The number of ether oxygens (including phenoxy) is 1. The van der Waals surface area contributed by atoms with Crippen molar-refractivity contribution in [1.82, 2.24) is 10.2 Å². The van der Waals surface area contributed by atoms with E-state index in [0.717, 1.165) is 15.4 Å². The van der Waals surface area contributed by atoms with E-state index in [9.17, 15) is 18.0 Å². The maximum Gasteiger partial charge on any atom is 0.264 e. The second kappa shape index (κ2) is 16.0. The molecule has 8 nitrogen and oxygen atoms in total. The molecule has 0 aromatic heterocycles. The fraction of sp³-hybridized carbons (Fsp3) is 0.257. The number of methoxy groups -OCH3 is 1. The Morgan fingerprint density at radius 1 is 0.913 bits per heavy atom.